The lowest BCUT2D eigenvalue weighted by molar-refractivity contribution is -0.136. The zero-order valence-corrected chi connectivity index (χ0v) is 18.6. The van der Waals surface area contributed by atoms with Gasteiger partial charge in [0.25, 0.3) is 5.88 Å². The third kappa shape index (κ3) is 4.43. The van der Waals surface area contributed by atoms with Crippen LogP contribution in [0.25, 0.3) is 11.1 Å². The van der Waals surface area contributed by atoms with Crippen molar-refractivity contribution in [3.63, 3.8) is 0 Å². The third-order valence-electron chi connectivity index (χ3n) is 6.26. The number of rotatable bonds is 5. The van der Waals surface area contributed by atoms with Gasteiger partial charge in [-0.25, -0.2) is 4.79 Å². The molecule has 1 aromatic heterocycles. The Kier molecular flexibility index (Phi) is 6.00. The van der Waals surface area contributed by atoms with Gasteiger partial charge >= 0.3 is 12.1 Å². The van der Waals surface area contributed by atoms with E-state index in [1.807, 2.05) is 24.3 Å². The number of carbonyl (C=O) groups excluding carboxylic acids is 2. The summed E-state index contributed by atoms with van der Waals surface area (Å²) in [4.78, 5) is 27.1. The standard InChI is InChI=1S/C24H23ClN4O4/c25-29-26-14-22(27-29)33-23(30)13-16-7-5-6-12-28(16)24(31)32-15-21-19-10-3-1-8-17(19)18-9-2-4-11-20(18)21/h1-4,8-11,14,16,21H,5-7,12-13,15H2/t16-/m1/s1. The van der Waals surface area contributed by atoms with Crippen LogP contribution in [-0.4, -0.2) is 50.7 Å². The van der Waals surface area contributed by atoms with Crippen LogP contribution in [-0.2, 0) is 9.53 Å². The lowest BCUT2D eigenvalue weighted by Gasteiger charge is -2.34. The van der Waals surface area contributed by atoms with Crippen LogP contribution in [0.3, 0.4) is 0 Å². The number of hydrogen-bond donors (Lipinski definition) is 0. The first-order valence-corrected chi connectivity index (χ1v) is 11.3. The number of halogens is 1. The number of piperidine rings is 1. The average molecular weight is 467 g/mol. The number of amides is 1. The molecule has 170 valence electrons. The molecular weight excluding hydrogens is 444 g/mol. The lowest BCUT2D eigenvalue weighted by atomic mass is 9.98. The fourth-order valence-corrected chi connectivity index (χ4v) is 4.88. The zero-order chi connectivity index (χ0) is 22.8. The Morgan fingerprint density at radius 3 is 2.39 bits per heavy atom. The molecule has 0 bridgehead atoms. The number of hydrogen-bond acceptors (Lipinski definition) is 6. The summed E-state index contributed by atoms with van der Waals surface area (Å²) >= 11 is 5.59. The fraction of sp³-hybridized carbons (Fsp3) is 0.333. The van der Waals surface area contributed by atoms with Crippen LogP contribution in [0, 0.1) is 0 Å². The van der Waals surface area contributed by atoms with E-state index in [-0.39, 0.29) is 30.9 Å². The van der Waals surface area contributed by atoms with Gasteiger partial charge in [-0.3, -0.25) is 4.79 Å². The number of carbonyl (C=O) groups is 2. The summed E-state index contributed by atoms with van der Waals surface area (Å²) in [6, 6.07) is 16.2. The monoisotopic (exact) mass is 466 g/mol. The second-order valence-corrected chi connectivity index (χ2v) is 8.55. The van der Waals surface area contributed by atoms with Crippen molar-refractivity contribution in [1.82, 2.24) is 19.4 Å². The molecule has 0 N–H and O–H groups in total. The van der Waals surface area contributed by atoms with Crippen molar-refractivity contribution < 1.29 is 19.1 Å². The average Bonchev–Trinajstić information content (AvgIpc) is 3.38. The van der Waals surface area contributed by atoms with Crippen molar-refractivity contribution in [3.8, 4) is 17.0 Å². The van der Waals surface area contributed by atoms with Crippen molar-refractivity contribution in [2.45, 2.75) is 37.6 Å². The molecule has 2 aromatic carbocycles. The molecule has 1 amide bonds. The molecule has 33 heavy (non-hydrogen) atoms. The van der Waals surface area contributed by atoms with E-state index < -0.39 is 12.1 Å². The van der Waals surface area contributed by atoms with Crippen molar-refractivity contribution in [2.24, 2.45) is 0 Å². The van der Waals surface area contributed by atoms with Gasteiger partial charge in [-0.1, -0.05) is 57.9 Å². The summed E-state index contributed by atoms with van der Waals surface area (Å²) in [5, 5.41) is 7.39. The van der Waals surface area contributed by atoms with E-state index in [0.717, 1.165) is 28.3 Å². The van der Waals surface area contributed by atoms with E-state index >= 15 is 0 Å². The highest BCUT2D eigenvalue weighted by atomic mass is 35.5. The Morgan fingerprint density at radius 1 is 1.03 bits per heavy atom. The molecule has 1 aliphatic carbocycles. The van der Waals surface area contributed by atoms with Crippen LogP contribution in [0.5, 0.6) is 5.88 Å². The Labute approximate surface area is 196 Å². The van der Waals surface area contributed by atoms with E-state index in [4.69, 9.17) is 21.3 Å². The van der Waals surface area contributed by atoms with Gasteiger partial charge in [0, 0.05) is 18.5 Å². The molecule has 0 saturated carbocycles. The molecule has 0 unspecified atom stereocenters. The van der Waals surface area contributed by atoms with Crippen molar-refractivity contribution >= 4 is 23.8 Å². The van der Waals surface area contributed by atoms with E-state index in [9.17, 15) is 9.59 Å². The first-order valence-electron chi connectivity index (χ1n) is 11.0. The van der Waals surface area contributed by atoms with Crippen molar-refractivity contribution in [3.05, 3.63) is 65.9 Å². The number of fused-ring (bicyclic) bond motifs is 3. The second-order valence-electron chi connectivity index (χ2n) is 8.25. The number of ether oxygens (including phenoxy) is 2. The second kappa shape index (κ2) is 9.23. The highest BCUT2D eigenvalue weighted by Crippen LogP contribution is 2.44. The quantitative estimate of drug-likeness (QED) is 0.519. The Hall–Kier alpha value is -3.39. The zero-order valence-electron chi connectivity index (χ0n) is 17.9. The number of nitrogens with zero attached hydrogens (tertiary/aromatic N) is 4. The summed E-state index contributed by atoms with van der Waals surface area (Å²) in [5.41, 5.74) is 4.69. The van der Waals surface area contributed by atoms with E-state index in [1.165, 1.54) is 17.3 Å². The molecule has 1 aliphatic heterocycles. The highest BCUT2D eigenvalue weighted by Gasteiger charge is 2.33. The molecule has 1 saturated heterocycles. The number of likely N-dealkylation sites (tertiary alicyclic amines) is 1. The Morgan fingerprint density at radius 2 is 1.73 bits per heavy atom. The summed E-state index contributed by atoms with van der Waals surface area (Å²) < 4.78 is 11.8. The van der Waals surface area contributed by atoms with Gasteiger partial charge in [0.2, 0.25) is 0 Å². The number of esters is 1. The third-order valence-corrected chi connectivity index (χ3v) is 6.43. The first kappa shape index (κ1) is 21.5. The Balaban J connectivity index is 1.24. The fourth-order valence-electron chi connectivity index (χ4n) is 4.76. The molecule has 9 heteroatoms. The predicted octanol–water partition coefficient (Wildman–Crippen LogP) is 4.38. The van der Waals surface area contributed by atoms with E-state index in [1.54, 1.807) is 4.90 Å². The maximum atomic E-state index is 13.0. The van der Waals surface area contributed by atoms with Gasteiger partial charge in [-0.2, -0.15) is 0 Å². The molecule has 5 rings (SSSR count). The molecule has 0 radical (unpaired) electrons. The predicted molar refractivity (Wildman–Crippen MR) is 121 cm³/mol. The van der Waals surface area contributed by atoms with Crippen molar-refractivity contribution in [2.75, 3.05) is 13.2 Å². The van der Waals surface area contributed by atoms with Gasteiger partial charge in [0.05, 0.1) is 18.2 Å². The van der Waals surface area contributed by atoms with Gasteiger partial charge < -0.3 is 14.4 Å². The molecule has 2 aliphatic rings. The minimum Gasteiger partial charge on any atom is -0.448 e. The van der Waals surface area contributed by atoms with E-state index in [2.05, 4.69) is 34.5 Å². The molecule has 0 spiro atoms. The summed E-state index contributed by atoms with van der Waals surface area (Å²) in [6.07, 6.45) is 3.43. The minimum atomic E-state index is -0.490. The normalized spacial score (nSPS) is 17.4. The minimum absolute atomic E-state index is 0.00674. The largest absolute Gasteiger partial charge is 0.448 e. The summed E-state index contributed by atoms with van der Waals surface area (Å²) in [7, 11) is 0. The molecule has 8 nitrogen and oxygen atoms in total. The van der Waals surface area contributed by atoms with Crippen LogP contribution in [0.2, 0.25) is 0 Å². The maximum absolute atomic E-state index is 13.0. The van der Waals surface area contributed by atoms with Gasteiger partial charge in [0.1, 0.15) is 12.8 Å². The smallest absolute Gasteiger partial charge is 0.410 e. The van der Waals surface area contributed by atoms with Crippen LogP contribution in [0.15, 0.2) is 54.7 Å². The number of benzene rings is 2. The van der Waals surface area contributed by atoms with Crippen LogP contribution >= 0.6 is 11.8 Å². The highest BCUT2D eigenvalue weighted by molar-refractivity contribution is 6.14. The molecule has 1 fully saturated rings. The molecule has 2 heterocycles. The van der Waals surface area contributed by atoms with Crippen LogP contribution in [0.4, 0.5) is 4.79 Å². The summed E-state index contributed by atoms with van der Waals surface area (Å²) in [5.74, 6) is -0.471. The SMILES string of the molecule is O=C(C[C@H]1CCCCN1C(=O)OCC1c2ccccc2-c2ccccc21)Oc1cnn(Cl)n1. The Bertz CT molecular complexity index is 1140. The molecule has 3 aromatic rings. The topological polar surface area (TPSA) is 86.5 Å². The molecular formula is C24H23ClN4O4. The molecule has 1 atom stereocenters. The maximum Gasteiger partial charge on any atom is 0.410 e. The van der Waals surface area contributed by atoms with Crippen LogP contribution in [0.1, 0.15) is 42.7 Å². The van der Waals surface area contributed by atoms with Crippen LogP contribution < -0.4 is 4.74 Å². The lowest BCUT2D eigenvalue weighted by Crippen LogP contribution is -2.45. The van der Waals surface area contributed by atoms with Gasteiger partial charge in [0.15, 0.2) is 0 Å². The number of aromatic nitrogens is 3. The van der Waals surface area contributed by atoms with E-state index in [0.29, 0.717) is 13.0 Å². The first-order chi connectivity index (χ1) is 16.1. The van der Waals surface area contributed by atoms with Gasteiger partial charge in [-0.15, -0.1) is 5.10 Å². The summed E-state index contributed by atoms with van der Waals surface area (Å²) in [6.45, 7) is 0.797. The van der Waals surface area contributed by atoms with Gasteiger partial charge in [-0.05, 0) is 41.5 Å². The van der Waals surface area contributed by atoms with Crippen molar-refractivity contribution in [1.29, 1.82) is 0 Å².